The number of anilines is 1. The third kappa shape index (κ3) is 6.51. The highest BCUT2D eigenvalue weighted by Gasteiger charge is 2.10. The van der Waals surface area contributed by atoms with Gasteiger partial charge < -0.3 is 15.5 Å². The van der Waals surface area contributed by atoms with Crippen LogP contribution in [0.2, 0.25) is 0 Å². The van der Waals surface area contributed by atoms with Crippen LogP contribution in [-0.2, 0) is 13.0 Å². The van der Waals surface area contributed by atoms with Crippen LogP contribution < -0.4 is 15.5 Å². The summed E-state index contributed by atoms with van der Waals surface area (Å²) in [6.07, 6.45) is 0.994. The maximum atomic E-state index is 4.73. The summed E-state index contributed by atoms with van der Waals surface area (Å²) in [4.78, 5) is 7.21. The normalized spacial score (nSPS) is 14.9. The number of hydrogen-bond donors (Lipinski definition) is 2. The van der Waals surface area contributed by atoms with Gasteiger partial charge >= 0.3 is 0 Å². The number of rotatable bonds is 7. The van der Waals surface area contributed by atoms with Gasteiger partial charge in [0.05, 0.1) is 6.54 Å². The standard InChI is InChI=1S/C22H30N4S/c1-2-23-22(24-13-12-19-6-4-3-5-7-19)25-18-20-8-10-21(11-9-20)26-14-16-27-17-15-26/h3-11H,2,12-18H2,1H3,(H2,23,24,25). The van der Waals surface area contributed by atoms with Crippen LogP contribution in [0.5, 0.6) is 0 Å². The number of nitrogens with zero attached hydrogens (tertiary/aromatic N) is 2. The van der Waals surface area contributed by atoms with Gasteiger partial charge in [-0.2, -0.15) is 11.8 Å². The Hall–Kier alpha value is -2.14. The predicted molar refractivity (Wildman–Crippen MR) is 119 cm³/mol. The van der Waals surface area contributed by atoms with Crippen molar-refractivity contribution in [2.24, 2.45) is 4.99 Å². The van der Waals surface area contributed by atoms with E-state index in [1.807, 2.05) is 11.8 Å². The molecule has 0 unspecified atom stereocenters. The zero-order valence-electron chi connectivity index (χ0n) is 16.2. The highest BCUT2D eigenvalue weighted by molar-refractivity contribution is 7.99. The van der Waals surface area contributed by atoms with Gasteiger partial charge in [-0.15, -0.1) is 0 Å². The van der Waals surface area contributed by atoms with E-state index in [1.54, 1.807) is 0 Å². The highest BCUT2D eigenvalue weighted by atomic mass is 32.2. The predicted octanol–water partition coefficient (Wildman–Crippen LogP) is 3.54. The molecule has 1 heterocycles. The summed E-state index contributed by atoms with van der Waals surface area (Å²) in [5.41, 5.74) is 3.91. The fourth-order valence-corrected chi connectivity index (χ4v) is 4.02. The molecule has 3 rings (SSSR count). The third-order valence-electron chi connectivity index (χ3n) is 4.63. The van der Waals surface area contributed by atoms with Crippen molar-refractivity contribution in [2.45, 2.75) is 19.9 Å². The smallest absolute Gasteiger partial charge is 0.191 e. The minimum atomic E-state index is 0.691. The van der Waals surface area contributed by atoms with Gasteiger partial charge in [0.15, 0.2) is 5.96 Å². The number of hydrogen-bond acceptors (Lipinski definition) is 3. The molecule has 0 bridgehead atoms. The summed E-state index contributed by atoms with van der Waals surface area (Å²) >= 11 is 2.04. The van der Waals surface area contributed by atoms with Gasteiger partial charge in [0, 0.05) is 43.4 Å². The van der Waals surface area contributed by atoms with Gasteiger partial charge in [-0.25, -0.2) is 4.99 Å². The van der Waals surface area contributed by atoms with Crippen LogP contribution in [0.3, 0.4) is 0 Å². The minimum Gasteiger partial charge on any atom is -0.370 e. The van der Waals surface area contributed by atoms with Crippen molar-refractivity contribution in [2.75, 3.05) is 42.6 Å². The van der Waals surface area contributed by atoms with Crippen LogP contribution in [0.15, 0.2) is 59.6 Å². The van der Waals surface area contributed by atoms with Crippen molar-refractivity contribution >= 4 is 23.4 Å². The first-order chi connectivity index (χ1) is 13.3. The van der Waals surface area contributed by atoms with Gasteiger partial charge in [0.2, 0.25) is 0 Å². The van der Waals surface area contributed by atoms with Crippen molar-refractivity contribution in [3.05, 3.63) is 65.7 Å². The summed E-state index contributed by atoms with van der Waals surface area (Å²) in [5, 5.41) is 6.76. The Morgan fingerprint density at radius 2 is 1.70 bits per heavy atom. The summed E-state index contributed by atoms with van der Waals surface area (Å²) in [6.45, 7) is 6.83. The first-order valence-corrected chi connectivity index (χ1v) is 11.0. The zero-order chi connectivity index (χ0) is 18.7. The Labute approximate surface area is 167 Å². The molecule has 0 radical (unpaired) electrons. The molecule has 2 N–H and O–H groups in total. The van der Waals surface area contributed by atoms with E-state index in [-0.39, 0.29) is 0 Å². The second-order valence-electron chi connectivity index (χ2n) is 6.62. The lowest BCUT2D eigenvalue weighted by Crippen LogP contribution is -2.38. The maximum Gasteiger partial charge on any atom is 0.191 e. The number of guanidine groups is 1. The van der Waals surface area contributed by atoms with Crippen LogP contribution in [0.25, 0.3) is 0 Å². The van der Waals surface area contributed by atoms with Crippen molar-refractivity contribution in [1.82, 2.24) is 10.6 Å². The summed E-state index contributed by atoms with van der Waals surface area (Å²) in [7, 11) is 0. The van der Waals surface area contributed by atoms with Crippen LogP contribution in [0.1, 0.15) is 18.1 Å². The lowest BCUT2D eigenvalue weighted by atomic mass is 10.1. The first kappa shape index (κ1) is 19.6. The van der Waals surface area contributed by atoms with E-state index >= 15 is 0 Å². The molecule has 0 amide bonds. The van der Waals surface area contributed by atoms with E-state index in [9.17, 15) is 0 Å². The number of benzene rings is 2. The number of thioether (sulfide) groups is 1. The van der Waals surface area contributed by atoms with E-state index in [0.29, 0.717) is 6.54 Å². The van der Waals surface area contributed by atoms with Crippen molar-refractivity contribution in [1.29, 1.82) is 0 Å². The Bertz CT molecular complexity index is 694. The molecule has 0 atom stereocenters. The summed E-state index contributed by atoms with van der Waals surface area (Å²) in [5.74, 6) is 3.34. The molecule has 27 heavy (non-hydrogen) atoms. The molecule has 1 aliphatic rings. The molecule has 2 aromatic rings. The van der Waals surface area contributed by atoms with Gasteiger partial charge in [-0.3, -0.25) is 0 Å². The quantitative estimate of drug-likeness (QED) is 0.568. The average Bonchev–Trinajstić information content (AvgIpc) is 2.74. The SMILES string of the molecule is CCNC(=NCc1ccc(N2CCSCC2)cc1)NCCc1ccccc1. The highest BCUT2D eigenvalue weighted by Crippen LogP contribution is 2.20. The Kier molecular flexibility index (Phi) is 7.90. The van der Waals surface area contributed by atoms with E-state index in [1.165, 1.54) is 28.3 Å². The molecule has 1 fully saturated rings. The van der Waals surface area contributed by atoms with Crippen molar-refractivity contribution in [3.8, 4) is 0 Å². The molecule has 144 valence electrons. The molecule has 4 nitrogen and oxygen atoms in total. The van der Waals surface area contributed by atoms with Gasteiger partial charge in [-0.1, -0.05) is 42.5 Å². The molecule has 1 saturated heterocycles. The summed E-state index contributed by atoms with van der Waals surface area (Å²) < 4.78 is 0. The minimum absolute atomic E-state index is 0.691. The van der Waals surface area contributed by atoms with Crippen LogP contribution in [0.4, 0.5) is 5.69 Å². The van der Waals surface area contributed by atoms with Gasteiger partial charge in [-0.05, 0) is 36.6 Å². The van der Waals surface area contributed by atoms with Crippen LogP contribution in [-0.4, -0.2) is 43.6 Å². The van der Waals surface area contributed by atoms with Gasteiger partial charge in [0.25, 0.3) is 0 Å². The molecule has 5 heteroatoms. The molecule has 0 aromatic heterocycles. The van der Waals surface area contributed by atoms with Gasteiger partial charge in [0.1, 0.15) is 0 Å². The van der Waals surface area contributed by atoms with Crippen molar-refractivity contribution < 1.29 is 0 Å². The molecule has 0 spiro atoms. The Morgan fingerprint density at radius 3 is 2.41 bits per heavy atom. The lowest BCUT2D eigenvalue weighted by molar-refractivity contribution is 0.799. The molecule has 1 aliphatic heterocycles. The second-order valence-corrected chi connectivity index (χ2v) is 7.85. The molecule has 2 aromatic carbocycles. The van der Waals surface area contributed by atoms with E-state index in [0.717, 1.165) is 38.6 Å². The Morgan fingerprint density at radius 1 is 0.963 bits per heavy atom. The number of aliphatic imine (C=N–C) groups is 1. The largest absolute Gasteiger partial charge is 0.370 e. The molecular weight excluding hydrogens is 352 g/mol. The van der Waals surface area contributed by atoms with Crippen LogP contribution >= 0.6 is 11.8 Å². The average molecular weight is 383 g/mol. The summed E-state index contributed by atoms with van der Waals surface area (Å²) in [6, 6.07) is 19.4. The third-order valence-corrected chi connectivity index (χ3v) is 5.57. The van der Waals surface area contributed by atoms with Crippen LogP contribution in [0, 0.1) is 0 Å². The monoisotopic (exact) mass is 382 g/mol. The lowest BCUT2D eigenvalue weighted by Gasteiger charge is -2.28. The topological polar surface area (TPSA) is 39.7 Å². The molecule has 0 aliphatic carbocycles. The first-order valence-electron chi connectivity index (χ1n) is 9.83. The fourth-order valence-electron chi connectivity index (χ4n) is 3.12. The fraction of sp³-hybridized carbons (Fsp3) is 0.409. The van der Waals surface area contributed by atoms with E-state index in [2.05, 4.69) is 77.1 Å². The number of nitrogens with one attached hydrogen (secondary N) is 2. The maximum absolute atomic E-state index is 4.73. The van der Waals surface area contributed by atoms with E-state index < -0.39 is 0 Å². The second kappa shape index (κ2) is 10.9. The zero-order valence-corrected chi connectivity index (χ0v) is 17.0. The van der Waals surface area contributed by atoms with E-state index in [4.69, 9.17) is 4.99 Å². The molecular formula is C22H30N4S. The Balaban J connectivity index is 1.51. The van der Waals surface area contributed by atoms with Crippen molar-refractivity contribution in [3.63, 3.8) is 0 Å². The molecule has 0 saturated carbocycles.